The SMILES string of the molecule is CC/C=C\C/C=C\C/C=C\C/C=C\CCCCC(=O)OC(COC(=O)CCCCCCCCC/C=C\C/C=C\C/C=C\CC)COP(=O)(O)OCC(O)COP(=O)(O)OCC(COC(=O)CCCCCCCCC/C=C\C/C=C\C/C=C\CC)OC(=O)CCCCCCCCC/C=C\C/C=C\C/C=C\CC. The summed E-state index contributed by atoms with van der Waals surface area (Å²) >= 11 is 0. The van der Waals surface area contributed by atoms with Crippen molar-refractivity contribution in [1.82, 2.24) is 0 Å². The fraction of sp³-hybridized carbons (Fsp3) is 0.655. The maximum Gasteiger partial charge on any atom is 0.472 e. The molecule has 5 atom stereocenters. The molecule has 0 aromatic carbocycles. The van der Waals surface area contributed by atoms with Crippen molar-refractivity contribution in [2.75, 3.05) is 39.6 Å². The van der Waals surface area contributed by atoms with Crippen molar-refractivity contribution in [3.63, 3.8) is 0 Å². The molecule has 19 heteroatoms. The summed E-state index contributed by atoms with van der Waals surface area (Å²) in [5.41, 5.74) is 0. The second-order valence-electron chi connectivity index (χ2n) is 26.5. The van der Waals surface area contributed by atoms with Crippen LogP contribution in [0.4, 0.5) is 0 Å². The molecule has 604 valence electrons. The summed E-state index contributed by atoms with van der Waals surface area (Å²) in [7, 11) is -9.99. The van der Waals surface area contributed by atoms with Gasteiger partial charge in [-0.3, -0.25) is 37.3 Å². The minimum absolute atomic E-state index is 0.0358. The Balaban J connectivity index is 5.43. The van der Waals surface area contributed by atoms with E-state index in [0.29, 0.717) is 32.1 Å². The van der Waals surface area contributed by atoms with Gasteiger partial charge in [-0.05, 0) is 161 Å². The first-order valence-electron chi connectivity index (χ1n) is 40.7. The highest BCUT2D eigenvalue weighted by molar-refractivity contribution is 7.47. The monoisotopic (exact) mass is 1520 g/mol. The van der Waals surface area contributed by atoms with Gasteiger partial charge in [0.25, 0.3) is 0 Å². The molecule has 106 heavy (non-hydrogen) atoms. The van der Waals surface area contributed by atoms with Crippen molar-refractivity contribution >= 4 is 39.5 Å². The van der Waals surface area contributed by atoms with Crippen LogP contribution in [-0.2, 0) is 65.4 Å². The van der Waals surface area contributed by atoms with Crippen LogP contribution in [0.15, 0.2) is 158 Å². The maximum atomic E-state index is 13.1. The molecule has 0 rings (SSSR count). The summed E-state index contributed by atoms with van der Waals surface area (Å²) in [6.45, 7) is 4.36. The number of aliphatic hydroxyl groups is 1. The molecule has 0 aliphatic rings. The molecular weight excluding hydrogens is 1380 g/mol. The number of allylic oxidation sites excluding steroid dienone is 26. The van der Waals surface area contributed by atoms with E-state index in [-0.39, 0.29) is 25.7 Å². The van der Waals surface area contributed by atoms with Crippen LogP contribution in [0.5, 0.6) is 0 Å². The molecule has 0 radical (unpaired) electrons. The van der Waals surface area contributed by atoms with Crippen LogP contribution in [-0.4, -0.2) is 96.7 Å². The molecule has 17 nitrogen and oxygen atoms in total. The van der Waals surface area contributed by atoms with Gasteiger partial charge in [-0.25, -0.2) is 9.13 Å². The third-order valence-corrected chi connectivity index (χ3v) is 18.4. The molecule has 0 amide bonds. The zero-order chi connectivity index (χ0) is 77.4. The van der Waals surface area contributed by atoms with Crippen LogP contribution in [0.25, 0.3) is 0 Å². The predicted octanol–water partition coefficient (Wildman–Crippen LogP) is 24.0. The number of aliphatic hydroxyl groups excluding tert-OH is 1. The molecule has 5 unspecified atom stereocenters. The van der Waals surface area contributed by atoms with Crippen LogP contribution in [0.3, 0.4) is 0 Å². The summed E-state index contributed by atoms with van der Waals surface area (Å²) in [6.07, 6.45) is 90.7. The van der Waals surface area contributed by atoms with Crippen LogP contribution in [0, 0.1) is 0 Å². The van der Waals surface area contributed by atoms with Crippen LogP contribution < -0.4 is 0 Å². The molecule has 0 bridgehead atoms. The number of unbranched alkanes of at least 4 members (excludes halogenated alkanes) is 23. The maximum absolute atomic E-state index is 13.1. The van der Waals surface area contributed by atoms with Gasteiger partial charge in [0, 0.05) is 25.7 Å². The van der Waals surface area contributed by atoms with Gasteiger partial charge in [0.05, 0.1) is 26.4 Å². The number of carbonyl (C=O) groups is 4. The van der Waals surface area contributed by atoms with E-state index in [1.807, 2.05) is 0 Å². The first-order chi connectivity index (χ1) is 51.7. The largest absolute Gasteiger partial charge is 0.472 e. The fourth-order valence-electron chi connectivity index (χ4n) is 10.4. The summed E-state index contributed by atoms with van der Waals surface area (Å²) < 4.78 is 68.7. The second kappa shape index (κ2) is 77.8. The van der Waals surface area contributed by atoms with Crippen molar-refractivity contribution in [3.8, 4) is 0 Å². The fourth-order valence-corrected chi connectivity index (χ4v) is 12.0. The Morgan fingerprint density at radius 1 is 0.264 bits per heavy atom. The minimum Gasteiger partial charge on any atom is -0.462 e. The van der Waals surface area contributed by atoms with Crippen molar-refractivity contribution in [3.05, 3.63) is 158 Å². The zero-order valence-electron chi connectivity index (χ0n) is 66.1. The lowest BCUT2D eigenvalue weighted by Gasteiger charge is -2.21. The Labute approximate surface area is 642 Å². The highest BCUT2D eigenvalue weighted by Crippen LogP contribution is 2.45. The Morgan fingerprint density at radius 2 is 0.462 bits per heavy atom. The number of phosphoric acid groups is 2. The van der Waals surface area contributed by atoms with Crippen molar-refractivity contribution < 1.29 is 80.2 Å². The standard InChI is InChI=1S/C87H144O17P2/c1-5-9-13-17-21-25-29-33-37-40-44-47-51-55-59-63-67-71-84(89)97-77-82(103-86(91)73-69-65-61-57-53-49-43-36-32-28-24-20-16-12-8-4)79-101-105(93,94)99-75-81(88)76-100-106(95,96)102-80-83(104-87(92)74-70-66-62-58-54-50-46-42-39-35-31-27-23-19-15-11-7-3)78-98-85(90)72-68-64-60-56-52-48-45-41-38-34-30-26-22-18-14-10-6-2/h9-16,21-28,33-39,43,53,57,81-83,88H,5-8,17-20,29-32,40-42,44-52,54-56,58-80H2,1-4H3,(H,93,94)(H,95,96)/b13-9-,14-10-,15-11-,16-12-,25-21-,26-22-,27-23-,28-24-,37-33-,38-34-,39-35-,43-36-,57-53-. The molecule has 0 saturated carbocycles. The molecule has 0 heterocycles. The van der Waals surface area contributed by atoms with Gasteiger partial charge in [-0.1, -0.05) is 282 Å². The summed E-state index contributed by atoms with van der Waals surface area (Å²) in [4.78, 5) is 73.1. The Bertz CT molecular complexity index is 2630. The molecule has 0 aromatic heterocycles. The lowest BCUT2D eigenvalue weighted by molar-refractivity contribution is -0.161. The molecule has 3 N–H and O–H groups in total. The van der Waals surface area contributed by atoms with E-state index < -0.39 is 97.5 Å². The molecule has 0 aliphatic heterocycles. The number of phosphoric ester groups is 2. The predicted molar refractivity (Wildman–Crippen MR) is 436 cm³/mol. The van der Waals surface area contributed by atoms with Gasteiger partial charge in [-0.15, -0.1) is 0 Å². The number of hydrogen-bond donors (Lipinski definition) is 3. The number of hydrogen-bond acceptors (Lipinski definition) is 15. The van der Waals surface area contributed by atoms with Crippen LogP contribution >= 0.6 is 15.6 Å². The lowest BCUT2D eigenvalue weighted by atomic mass is 10.1. The van der Waals surface area contributed by atoms with E-state index in [1.165, 1.54) is 0 Å². The first kappa shape index (κ1) is 101. The van der Waals surface area contributed by atoms with Crippen molar-refractivity contribution in [2.45, 2.75) is 329 Å². The quantitative estimate of drug-likeness (QED) is 0.0169. The van der Waals surface area contributed by atoms with E-state index in [0.717, 1.165) is 225 Å². The van der Waals surface area contributed by atoms with Gasteiger partial charge in [0.1, 0.15) is 19.3 Å². The van der Waals surface area contributed by atoms with Gasteiger partial charge in [0.15, 0.2) is 12.2 Å². The Hall–Kier alpha value is -5.32. The highest BCUT2D eigenvalue weighted by atomic mass is 31.2. The highest BCUT2D eigenvalue weighted by Gasteiger charge is 2.30. The number of ether oxygens (including phenoxy) is 4. The minimum atomic E-state index is -5.00. The zero-order valence-corrected chi connectivity index (χ0v) is 67.8. The molecular formula is C87H144O17P2. The van der Waals surface area contributed by atoms with Gasteiger partial charge in [-0.2, -0.15) is 0 Å². The van der Waals surface area contributed by atoms with E-state index in [2.05, 4.69) is 186 Å². The van der Waals surface area contributed by atoms with Gasteiger partial charge in [0.2, 0.25) is 0 Å². The normalized spacial score (nSPS) is 14.7. The van der Waals surface area contributed by atoms with E-state index in [9.17, 15) is 43.2 Å². The molecule has 0 spiro atoms. The average molecular weight is 1520 g/mol. The summed E-state index contributed by atoms with van der Waals surface area (Å²) in [5, 5.41) is 10.7. The molecule has 0 aliphatic carbocycles. The molecule has 0 fully saturated rings. The third-order valence-electron chi connectivity index (χ3n) is 16.5. The van der Waals surface area contributed by atoms with Crippen LogP contribution in [0.1, 0.15) is 310 Å². The van der Waals surface area contributed by atoms with E-state index in [4.69, 9.17) is 37.0 Å². The van der Waals surface area contributed by atoms with Crippen LogP contribution in [0.2, 0.25) is 0 Å². The van der Waals surface area contributed by atoms with Gasteiger partial charge >= 0.3 is 39.5 Å². The Morgan fingerprint density at radius 3 is 0.726 bits per heavy atom. The smallest absolute Gasteiger partial charge is 0.462 e. The third kappa shape index (κ3) is 76.9. The molecule has 0 saturated heterocycles. The lowest BCUT2D eigenvalue weighted by Crippen LogP contribution is -2.30. The molecule has 0 aromatic rings. The van der Waals surface area contributed by atoms with Crippen molar-refractivity contribution in [2.24, 2.45) is 0 Å². The topological polar surface area (TPSA) is 237 Å². The number of esters is 4. The summed E-state index contributed by atoms with van der Waals surface area (Å²) in [5.74, 6) is -2.26. The van der Waals surface area contributed by atoms with E-state index >= 15 is 0 Å². The average Bonchev–Trinajstić information content (AvgIpc) is 0.909. The number of rotatable bonds is 75. The summed E-state index contributed by atoms with van der Waals surface area (Å²) in [6, 6.07) is 0. The first-order valence-corrected chi connectivity index (χ1v) is 43.7. The number of carbonyl (C=O) groups excluding carboxylic acids is 4. The second-order valence-corrected chi connectivity index (χ2v) is 29.4. The van der Waals surface area contributed by atoms with Crippen molar-refractivity contribution in [1.29, 1.82) is 0 Å². The van der Waals surface area contributed by atoms with E-state index in [1.54, 1.807) is 0 Å². The Kier molecular flexibility index (Phi) is 73.9. The van der Waals surface area contributed by atoms with Gasteiger partial charge < -0.3 is 33.8 Å².